The number of aromatic hydroxyl groups is 1. The van der Waals surface area contributed by atoms with Crippen LogP contribution in [0.25, 0.3) is 22.3 Å². The minimum absolute atomic E-state index is 0.0538. The molecule has 1 aliphatic carbocycles. The monoisotopic (exact) mass is 411 g/mol. The van der Waals surface area contributed by atoms with Crippen LogP contribution in [0, 0.1) is 0 Å². The number of fused-ring (bicyclic) bond motifs is 2. The molecule has 2 aromatic carbocycles. The summed E-state index contributed by atoms with van der Waals surface area (Å²) in [6, 6.07) is 11.6. The van der Waals surface area contributed by atoms with E-state index in [1.165, 1.54) is 23.5 Å². The molecule has 0 saturated heterocycles. The van der Waals surface area contributed by atoms with E-state index >= 15 is 0 Å². The van der Waals surface area contributed by atoms with Crippen LogP contribution in [0.4, 0.5) is 5.82 Å². The minimum Gasteiger partial charge on any atom is -0.506 e. The number of aromatic nitrogens is 4. The highest BCUT2D eigenvalue weighted by Crippen LogP contribution is 2.41. The summed E-state index contributed by atoms with van der Waals surface area (Å²) in [5, 5.41) is 15.9. The van der Waals surface area contributed by atoms with Crippen LogP contribution in [0.2, 0.25) is 10.0 Å². The summed E-state index contributed by atoms with van der Waals surface area (Å²) in [6.45, 7) is 0. The lowest BCUT2D eigenvalue weighted by atomic mass is 10.1. The van der Waals surface area contributed by atoms with E-state index in [1.54, 1.807) is 6.07 Å². The molecule has 0 spiro atoms. The van der Waals surface area contributed by atoms with Crippen molar-refractivity contribution in [3.8, 4) is 17.0 Å². The number of hydrogen-bond acceptors (Lipinski definition) is 5. The number of rotatable bonds is 2. The van der Waals surface area contributed by atoms with E-state index in [-0.39, 0.29) is 21.8 Å². The van der Waals surface area contributed by atoms with E-state index < -0.39 is 0 Å². The van der Waals surface area contributed by atoms with Gasteiger partial charge in [0.1, 0.15) is 28.6 Å². The number of nitrogen functional groups attached to an aromatic ring is 1. The largest absolute Gasteiger partial charge is 0.506 e. The smallest absolute Gasteiger partial charge is 0.164 e. The predicted molar refractivity (Wildman–Crippen MR) is 110 cm³/mol. The van der Waals surface area contributed by atoms with E-state index in [9.17, 15) is 5.11 Å². The van der Waals surface area contributed by atoms with Gasteiger partial charge in [0.05, 0.1) is 16.5 Å². The molecule has 5 rings (SSSR count). The van der Waals surface area contributed by atoms with Gasteiger partial charge in [0, 0.05) is 5.56 Å². The van der Waals surface area contributed by atoms with Crippen LogP contribution in [-0.2, 0) is 6.42 Å². The lowest BCUT2D eigenvalue weighted by Crippen LogP contribution is -2.10. The first-order chi connectivity index (χ1) is 13.5. The highest BCUT2D eigenvalue weighted by molar-refractivity contribution is 6.43. The topological polar surface area (TPSA) is 89.8 Å². The first kappa shape index (κ1) is 17.3. The lowest BCUT2D eigenvalue weighted by molar-refractivity contribution is 0.476. The van der Waals surface area contributed by atoms with E-state index in [1.807, 2.05) is 16.8 Å². The molecule has 1 unspecified atom stereocenters. The Morgan fingerprint density at radius 2 is 1.96 bits per heavy atom. The summed E-state index contributed by atoms with van der Waals surface area (Å²) in [5.74, 6) is 0.205. The van der Waals surface area contributed by atoms with Gasteiger partial charge >= 0.3 is 0 Å². The van der Waals surface area contributed by atoms with Crippen molar-refractivity contribution in [2.24, 2.45) is 0 Å². The van der Waals surface area contributed by atoms with Gasteiger partial charge in [-0.05, 0) is 36.1 Å². The molecule has 0 radical (unpaired) electrons. The van der Waals surface area contributed by atoms with Crippen molar-refractivity contribution in [3.05, 3.63) is 63.9 Å². The van der Waals surface area contributed by atoms with Crippen LogP contribution in [0.5, 0.6) is 5.75 Å². The number of aryl methyl sites for hydroxylation is 1. The fourth-order valence-electron chi connectivity index (χ4n) is 3.91. The number of anilines is 1. The number of nitrogens with two attached hydrogens (primary N) is 1. The fourth-order valence-corrected chi connectivity index (χ4v) is 4.24. The van der Waals surface area contributed by atoms with Crippen LogP contribution in [-0.4, -0.2) is 24.9 Å². The number of phenolic OH excluding ortho intramolecular Hbond substituents is 1. The summed E-state index contributed by atoms with van der Waals surface area (Å²) in [4.78, 5) is 8.59. The number of halogens is 2. The summed E-state index contributed by atoms with van der Waals surface area (Å²) in [7, 11) is 0. The van der Waals surface area contributed by atoms with Gasteiger partial charge in [-0.15, -0.1) is 0 Å². The van der Waals surface area contributed by atoms with E-state index in [2.05, 4.69) is 22.1 Å². The maximum atomic E-state index is 10.1. The Balaban J connectivity index is 1.77. The third-order valence-electron chi connectivity index (χ3n) is 5.20. The number of hydrogen-bond donors (Lipinski definition) is 2. The number of benzene rings is 2. The summed E-state index contributed by atoms with van der Waals surface area (Å²) in [6.07, 6.45) is 3.34. The van der Waals surface area contributed by atoms with Crippen molar-refractivity contribution in [2.75, 3.05) is 5.73 Å². The molecule has 3 N–H and O–H groups in total. The van der Waals surface area contributed by atoms with Gasteiger partial charge < -0.3 is 10.8 Å². The van der Waals surface area contributed by atoms with Crippen LogP contribution < -0.4 is 5.73 Å². The Hall–Kier alpha value is -2.83. The van der Waals surface area contributed by atoms with Crippen molar-refractivity contribution in [2.45, 2.75) is 18.9 Å². The zero-order chi connectivity index (χ0) is 19.4. The second-order valence-corrected chi connectivity index (χ2v) is 7.58. The SMILES string of the molecule is Nc1ncnc2c1c(-c1cc(O)c(Cl)c(Cl)c1)nn2C1CCc2ccccc21. The molecule has 6 nitrogen and oxygen atoms in total. The molecular weight excluding hydrogens is 397 g/mol. The normalized spacial score (nSPS) is 15.9. The molecule has 28 heavy (non-hydrogen) atoms. The van der Waals surface area contributed by atoms with Crippen LogP contribution in [0.1, 0.15) is 23.6 Å². The maximum Gasteiger partial charge on any atom is 0.164 e. The van der Waals surface area contributed by atoms with Gasteiger partial charge in [-0.3, -0.25) is 0 Å². The highest BCUT2D eigenvalue weighted by atomic mass is 35.5. The van der Waals surface area contributed by atoms with Gasteiger partial charge in [-0.25, -0.2) is 14.6 Å². The molecule has 0 amide bonds. The lowest BCUT2D eigenvalue weighted by Gasteiger charge is -2.13. The maximum absolute atomic E-state index is 10.1. The van der Waals surface area contributed by atoms with Crippen LogP contribution >= 0.6 is 23.2 Å². The van der Waals surface area contributed by atoms with E-state index in [0.717, 1.165) is 12.8 Å². The number of phenols is 1. The average molecular weight is 412 g/mol. The fraction of sp³-hybridized carbons (Fsp3) is 0.150. The summed E-state index contributed by atoms with van der Waals surface area (Å²) < 4.78 is 1.90. The molecule has 0 aliphatic heterocycles. The van der Waals surface area contributed by atoms with Gasteiger partial charge in [-0.2, -0.15) is 5.10 Å². The standard InChI is InChI=1S/C20H15Cl2N5O/c21-13-7-11(8-15(28)17(13)22)18-16-19(23)24-9-25-20(16)27(26-18)14-6-5-10-3-1-2-4-12(10)14/h1-4,7-9,14,28H,5-6H2,(H2,23,24,25). The Morgan fingerprint density at radius 1 is 1.14 bits per heavy atom. The molecule has 1 aliphatic rings. The average Bonchev–Trinajstić information content (AvgIpc) is 3.28. The van der Waals surface area contributed by atoms with Crippen LogP contribution in [0.3, 0.4) is 0 Å². The molecular formula is C20H15Cl2N5O. The Labute approximate surface area is 170 Å². The molecule has 0 saturated carbocycles. The molecule has 8 heteroatoms. The van der Waals surface area contributed by atoms with Crippen molar-refractivity contribution >= 4 is 40.1 Å². The van der Waals surface area contributed by atoms with Crippen molar-refractivity contribution < 1.29 is 5.11 Å². The molecule has 2 heterocycles. The minimum atomic E-state index is -0.117. The third-order valence-corrected chi connectivity index (χ3v) is 5.99. The van der Waals surface area contributed by atoms with Crippen molar-refractivity contribution in [1.82, 2.24) is 19.7 Å². The molecule has 0 fully saturated rings. The summed E-state index contributed by atoms with van der Waals surface area (Å²) >= 11 is 12.2. The van der Waals surface area contributed by atoms with E-state index in [0.29, 0.717) is 28.1 Å². The van der Waals surface area contributed by atoms with E-state index in [4.69, 9.17) is 34.0 Å². The highest BCUT2D eigenvalue weighted by Gasteiger charge is 2.28. The second kappa shape index (κ2) is 6.36. The molecule has 1 atom stereocenters. The van der Waals surface area contributed by atoms with Crippen molar-refractivity contribution in [1.29, 1.82) is 0 Å². The van der Waals surface area contributed by atoms with Crippen molar-refractivity contribution in [3.63, 3.8) is 0 Å². The van der Waals surface area contributed by atoms with Gasteiger partial charge in [0.15, 0.2) is 5.65 Å². The molecule has 2 aromatic heterocycles. The van der Waals surface area contributed by atoms with Crippen LogP contribution in [0.15, 0.2) is 42.7 Å². The third kappa shape index (κ3) is 2.52. The Bertz CT molecular complexity index is 1210. The van der Waals surface area contributed by atoms with Gasteiger partial charge in [0.25, 0.3) is 0 Å². The Kier molecular flexibility index (Phi) is 3.92. The zero-order valence-corrected chi connectivity index (χ0v) is 16.1. The molecule has 0 bridgehead atoms. The number of nitrogens with zero attached hydrogens (tertiary/aromatic N) is 4. The molecule has 4 aromatic rings. The first-order valence-electron chi connectivity index (χ1n) is 8.79. The molecule has 140 valence electrons. The first-order valence-corrected chi connectivity index (χ1v) is 9.55. The zero-order valence-electron chi connectivity index (χ0n) is 14.6. The van der Waals surface area contributed by atoms with Gasteiger partial charge in [0.2, 0.25) is 0 Å². The Morgan fingerprint density at radius 3 is 2.79 bits per heavy atom. The van der Waals surface area contributed by atoms with Gasteiger partial charge in [-0.1, -0.05) is 47.5 Å². The predicted octanol–water partition coefficient (Wildman–Crippen LogP) is 4.62. The summed E-state index contributed by atoms with van der Waals surface area (Å²) in [5.41, 5.74) is 10.5. The quantitative estimate of drug-likeness (QED) is 0.501. The second-order valence-electron chi connectivity index (χ2n) is 6.80.